The van der Waals surface area contributed by atoms with Crippen LogP contribution in [-0.4, -0.2) is 18.9 Å². The van der Waals surface area contributed by atoms with E-state index in [2.05, 4.69) is 161 Å². The van der Waals surface area contributed by atoms with E-state index in [1.165, 1.54) is 16.7 Å². The molecule has 0 saturated carbocycles. The Labute approximate surface area is 342 Å². The van der Waals surface area contributed by atoms with Gasteiger partial charge < -0.3 is 13.7 Å². The zero-order valence-corrected chi connectivity index (χ0v) is 31.9. The fourth-order valence-electron chi connectivity index (χ4n) is 9.18. The van der Waals surface area contributed by atoms with Crippen LogP contribution >= 0.6 is 0 Å². The molecule has 11 aromatic rings. The number of rotatable bonds is 5. The van der Waals surface area contributed by atoms with Gasteiger partial charge in [0, 0.05) is 51.2 Å². The van der Waals surface area contributed by atoms with E-state index >= 15 is 0 Å². The van der Waals surface area contributed by atoms with Gasteiger partial charge in [-0.1, -0.05) is 150 Å². The van der Waals surface area contributed by atoms with Crippen LogP contribution in [-0.2, 0) is 25.8 Å². The number of hydrogen-bond acceptors (Lipinski definition) is 3. The Morgan fingerprint density at radius 2 is 1.19 bits per heavy atom. The molecule has 0 unspecified atom stereocenters. The van der Waals surface area contributed by atoms with Crippen molar-refractivity contribution in [2.24, 2.45) is 0 Å². The van der Waals surface area contributed by atoms with Gasteiger partial charge in [-0.15, -0.1) is 29.8 Å². The van der Waals surface area contributed by atoms with Crippen LogP contribution in [0, 0.1) is 12.1 Å². The Bertz CT molecular complexity index is 3300. The fraction of sp³-hybridized carbons (Fsp3) is 0.0196. The van der Waals surface area contributed by atoms with Crippen molar-refractivity contribution in [3.8, 4) is 28.4 Å². The third-order valence-electron chi connectivity index (χ3n) is 11.5. The van der Waals surface area contributed by atoms with Crippen LogP contribution in [0.1, 0.15) is 22.3 Å². The molecular weight excluding hydrogens is 791 g/mol. The summed E-state index contributed by atoms with van der Waals surface area (Å²) in [7, 11) is 0. The first-order valence-corrected chi connectivity index (χ1v) is 18.8. The summed E-state index contributed by atoms with van der Waals surface area (Å²) < 4.78 is 11.2. The topological polar surface area (TPSA) is 44.4 Å². The monoisotopic (exact) mass is 820 g/mol. The van der Waals surface area contributed by atoms with Gasteiger partial charge in [-0.05, 0) is 40.3 Å². The van der Waals surface area contributed by atoms with Gasteiger partial charge in [-0.25, -0.2) is 4.98 Å². The molecule has 5 nitrogen and oxygen atoms in total. The van der Waals surface area contributed by atoms with Crippen molar-refractivity contribution in [2.45, 2.75) is 5.41 Å². The van der Waals surface area contributed by atoms with Crippen LogP contribution in [0.3, 0.4) is 0 Å². The summed E-state index contributed by atoms with van der Waals surface area (Å²) in [6.07, 6.45) is 3.98. The SMILES string of the molecule is [Pd+2].[c-]1c(Oc2[c-]c3c(cc2)c2ccccc2n2cc(-c4ccccc4)nc32)ccc2c1-n1c3ncccc3c3cccc(c31)C2(c1ccccc1)c1ccccc1. The first-order chi connectivity index (χ1) is 27.8. The Morgan fingerprint density at radius 3 is 1.98 bits per heavy atom. The Balaban J connectivity index is 0.00000374. The van der Waals surface area contributed by atoms with Gasteiger partial charge >= 0.3 is 20.4 Å². The third kappa shape index (κ3) is 4.79. The quantitative estimate of drug-likeness (QED) is 0.0987. The van der Waals surface area contributed by atoms with Gasteiger partial charge in [0.1, 0.15) is 5.65 Å². The van der Waals surface area contributed by atoms with Gasteiger partial charge in [-0.2, -0.15) is 6.07 Å². The standard InChI is InChI=1S/C51H30N4O.Pd/c1-4-14-33(15-5-1)45-32-54-46-24-11-10-20-39(46)38-27-25-36(30-42(38)50(54)53-45)56-37-26-28-43-47(31-37)55-48-40(41-22-13-29-52-49(41)55)21-12-23-44(48)51(43,34-16-6-2-7-17-34)35-18-8-3-9-19-35;/h1-29,32H;/q-2;+2. The van der Waals surface area contributed by atoms with Crippen molar-refractivity contribution >= 4 is 49.3 Å². The zero-order chi connectivity index (χ0) is 36.8. The predicted molar refractivity (Wildman–Crippen MR) is 224 cm³/mol. The summed E-state index contributed by atoms with van der Waals surface area (Å²) in [4.78, 5) is 10.1. The van der Waals surface area contributed by atoms with Crippen molar-refractivity contribution in [1.82, 2.24) is 18.9 Å². The number of imidazole rings is 1. The maximum Gasteiger partial charge on any atom is 2.00 e. The van der Waals surface area contributed by atoms with Gasteiger partial charge in [0.05, 0.1) is 16.9 Å². The fourth-order valence-corrected chi connectivity index (χ4v) is 9.18. The molecule has 270 valence electrons. The van der Waals surface area contributed by atoms with E-state index < -0.39 is 5.41 Å². The Kier molecular flexibility index (Phi) is 7.56. The van der Waals surface area contributed by atoms with Crippen LogP contribution in [0.2, 0.25) is 0 Å². The number of benzene rings is 7. The largest absolute Gasteiger partial charge is 2.00 e. The number of aromatic nitrogens is 4. The second-order valence-electron chi connectivity index (χ2n) is 14.4. The number of hydrogen-bond donors (Lipinski definition) is 0. The number of ether oxygens (including phenoxy) is 1. The van der Waals surface area contributed by atoms with E-state index in [9.17, 15) is 0 Å². The van der Waals surface area contributed by atoms with Gasteiger partial charge in [0.15, 0.2) is 0 Å². The molecule has 7 aromatic carbocycles. The van der Waals surface area contributed by atoms with Crippen LogP contribution < -0.4 is 4.74 Å². The number of pyridine rings is 2. The Morgan fingerprint density at radius 1 is 0.526 bits per heavy atom. The van der Waals surface area contributed by atoms with Crippen molar-refractivity contribution in [3.05, 3.63) is 217 Å². The molecule has 0 atom stereocenters. The minimum Gasteiger partial charge on any atom is -0.503 e. The molecule has 57 heavy (non-hydrogen) atoms. The summed E-state index contributed by atoms with van der Waals surface area (Å²) in [6, 6.07) is 67.0. The summed E-state index contributed by atoms with van der Waals surface area (Å²) in [5.41, 5.74) is 10.8. The molecular formula is C51H30N4OPd. The predicted octanol–water partition coefficient (Wildman–Crippen LogP) is 11.9. The maximum absolute atomic E-state index is 6.78. The second kappa shape index (κ2) is 12.9. The molecule has 6 heteroatoms. The maximum atomic E-state index is 6.78. The van der Waals surface area contributed by atoms with E-state index in [1.807, 2.05) is 42.6 Å². The molecule has 0 fully saturated rings. The van der Waals surface area contributed by atoms with Crippen molar-refractivity contribution in [1.29, 1.82) is 0 Å². The molecule has 4 aromatic heterocycles. The van der Waals surface area contributed by atoms with Gasteiger partial charge in [0.25, 0.3) is 0 Å². The summed E-state index contributed by atoms with van der Waals surface area (Å²) in [6.45, 7) is 0. The summed E-state index contributed by atoms with van der Waals surface area (Å²) >= 11 is 0. The van der Waals surface area contributed by atoms with Crippen molar-refractivity contribution in [3.63, 3.8) is 0 Å². The molecule has 0 aliphatic carbocycles. The van der Waals surface area contributed by atoms with Crippen molar-refractivity contribution < 1.29 is 25.2 Å². The van der Waals surface area contributed by atoms with Gasteiger partial charge in [-0.3, -0.25) is 4.98 Å². The van der Waals surface area contributed by atoms with Crippen LogP contribution in [0.15, 0.2) is 182 Å². The summed E-state index contributed by atoms with van der Waals surface area (Å²) in [5.74, 6) is 1.18. The first-order valence-electron chi connectivity index (χ1n) is 18.8. The molecule has 1 aliphatic rings. The molecule has 0 saturated heterocycles. The third-order valence-corrected chi connectivity index (χ3v) is 11.5. The summed E-state index contributed by atoms with van der Waals surface area (Å²) in [5, 5.41) is 5.34. The molecule has 0 N–H and O–H groups in total. The molecule has 12 rings (SSSR count). The van der Waals surface area contributed by atoms with Crippen LogP contribution in [0.25, 0.3) is 66.2 Å². The average molecular weight is 821 g/mol. The molecule has 0 spiro atoms. The smallest absolute Gasteiger partial charge is 0.503 e. The van der Waals surface area contributed by atoms with Crippen LogP contribution in [0.4, 0.5) is 0 Å². The number of fused-ring (bicyclic) bond motifs is 11. The van der Waals surface area contributed by atoms with E-state index in [0.717, 1.165) is 71.8 Å². The van der Waals surface area contributed by atoms with Crippen LogP contribution in [0.5, 0.6) is 11.5 Å². The van der Waals surface area contributed by atoms with Gasteiger partial charge in [0.2, 0.25) is 0 Å². The van der Waals surface area contributed by atoms with E-state index in [1.54, 1.807) is 0 Å². The van der Waals surface area contributed by atoms with E-state index in [4.69, 9.17) is 14.7 Å². The molecule has 0 bridgehead atoms. The molecule has 0 amide bonds. The van der Waals surface area contributed by atoms with E-state index in [0.29, 0.717) is 11.5 Å². The van der Waals surface area contributed by atoms with E-state index in [-0.39, 0.29) is 20.4 Å². The number of para-hydroxylation sites is 2. The minimum atomic E-state index is -0.629. The molecule has 5 heterocycles. The average Bonchev–Trinajstić information content (AvgIpc) is 3.87. The minimum absolute atomic E-state index is 0. The van der Waals surface area contributed by atoms with Crippen molar-refractivity contribution in [2.75, 3.05) is 0 Å². The Hall–Kier alpha value is -6.84. The number of nitrogens with zero attached hydrogens (tertiary/aromatic N) is 4. The first kappa shape index (κ1) is 33.5. The normalized spacial score (nSPS) is 12.9. The molecule has 1 aliphatic heterocycles. The second-order valence-corrected chi connectivity index (χ2v) is 14.4. The molecule has 0 radical (unpaired) electrons. The zero-order valence-electron chi connectivity index (χ0n) is 30.3.